The van der Waals surface area contributed by atoms with E-state index in [1.165, 1.54) is 0 Å². The van der Waals surface area contributed by atoms with Gasteiger partial charge < -0.3 is 15.1 Å². The fraction of sp³-hybridized carbons (Fsp3) is 0.692. The summed E-state index contributed by atoms with van der Waals surface area (Å²) in [6.45, 7) is 10.0. The number of rotatable bonds is 7. The first-order valence-corrected chi connectivity index (χ1v) is 6.58. The van der Waals surface area contributed by atoms with Gasteiger partial charge in [0, 0.05) is 39.3 Å². The lowest BCUT2D eigenvalue weighted by molar-refractivity contribution is 0.756. The van der Waals surface area contributed by atoms with Crippen molar-refractivity contribution in [2.24, 2.45) is 0 Å². The lowest BCUT2D eigenvalue weighted by atomic mass is 10.4. The third-order valence-electron chi connectivity index (χ3n) is 2.99. The Labute approximate surface area is 110 Å². The minimum atomic E-state index is 0.825. The summed E-state index contributed by atoms with van der Waals surface area (Å²) >= 11 is 0. The number of nitrogens with one attached hydrogen (secondary N) is 1. The van der Waals surface area contributed by atoms with E-state index in [0.717, 1.165) is 43.6 Å². The van der Waals surface area contributed by atoms with Gasteiger partial charge in [-0.3, -0.25) is 0 Å². The van der Waals surface area contributed by atoms with Crippen LogP contribution < -0.4 is 15.1 Å². The van der Waals surface area contributed by atoms with E-state index in [1.807, 2.05) is 14.0 Å². The standard InChI is InChI=1S/C13H25N5/c1-6-18(7-2)13-10-12(15-11(3)16-13)17(5)9-8-14-4/h10,14H,6-9H2,1-5H3. The van der Waals surface area contributed by atoms with Crippen molar-refractivity contribution < 1.29 is 0 Å². The zero-order valence-electron chi connectivity index (χ0n) is 12.2. The molecule has 0 radical (unpaired) electrons. The number of nitrogens with zero attached hydrogens (tertiary/aromatic N) is 4. The van der Waals surface area contributed by atoms with Crippen molar-refractivity contribution in [2.75, 3.05) is 50.1 Å². The minimum Gasteiger partial charge on any atom is -0.358 e. The SMILES string of the molecule is CCN(CC)c1cc(N(C)CCNC)nc(C)n1. The van der Waals surface area contributed by atoms with E-state index in [1.54, 1.807) is 0 Å². The van der Waals surface area contributed by atoms with Gasteiger partial charge in [-0.1, -0.05) is 0 Å². The second-order valence-electron chi connectivity index (χ2n) is 4.33. The normalized spacial score (nSPS) is 10.5. The van der Waals surface area contributed by atoms with E-state index < -0.39 is 0 Å². The highest BCUT2D eigenvalue weighted by Gasteiger charge is 2.09. The van der Waals surface area contributed by atoms with Crippen LogP contribution in [0, 0.1) is 6.92 Å². The Morgan fingerprint density at radius 1 is 1.17 bits per heavy atom. The predicted molar refractivity (Wildman–Crippen MR) is 77.5 cm³/mol. The maximum absolute atomic E-state index is 4.51. The first kappa shape index (κ1) is 14.7. The molecule has 0 aromatic carbocycles. The Morgan fingerprint density at radius 2 is 1.78 bits per heavy atom. The van der Waals surface area contributed by atoms with Crippen molar-refractivity contribution in [2.45, 2.75) is 20.8 Å². The molecule has 1 aromatic heterocycles. The highest BCUT2D eigenvalue weighted by molar-refractivity contribution is 5.50. The van der Waals surface area contributed by atoms with E-state index in [0.29, 0.717) is 0 Å². The Kier molecular flexibility index (Phi) is 5.85. The molecule has 0 bridgehead atoms. The molecule has 0 spiro atoms. The average molecular weight is 251 g/mol. The third-order valence-corrected chi connectivity index (χ3v) is 2.99. The van der Waals surface area contributed by atoms with E-state index in [9.17, 15) is 0 Å². The van der Waals surface area contributed by atoms with Crippen molar-refractivity contribution in [1.29, 1.82) is 0 Å². The van der Waals surface area contributed by atoms with Crippen LogP contribution in [-0.2, 0) is 0 Å². The first-order chi connectivity index (χ1) is 8.62. The van der Waals surface area contributed by atoms with Gasteiger partial charge in [0.15, 0.2) is 0 Å². The van der Waals surface area contributed by atoms with E-state index >= 15 is 0 Å². The van der Waals surface area contributed by atoms with Crippen LogP contribution in [0.3, 0.4) is 0 Å². The van der Waals surface area contributed by atoms with Crippen molar-refractivity contribution in [1.82, 2.24) is 15.3 Å². The highest BCUT2D eigenvalue weighted by atomic mass is 15.2. The fourth-order valence-corrected chi connectivity index (χ4v) is 1.84. The molecule has 0 amide bonds. The topological polar surface area (TPSA) is 44.3 Å². The zero-order chi connectivity index (χ0) is 13.5. The molecule has 1 N–H and O–H groups in total. The Bertz CT molecular complexity index is 362. The zero-order valence-corrected chi connectivity index (χ0v) is 12.2. The molecule has 0 saturated heterocycles. The lowest BCUT2D eigenvalue weighted by Crippen LogP contribution is -2.29. The molecule has 5 heteroatoms. The summed E-state index contributed by atoms with van der Waals surface area (Å²) in [7, 11) is 4.02. The molecular formula is C13H25N5. The summed E-state index contributed by atoms with van der Waals surface area (Å²) in [5, 5.41) is 3.15. The van der Waals surface area contributed by atoms with E-state index in [2.05, 4.69) is 52.0 Å². The van der Waals surface area contributed by atoms with Gasteiger partial charge in [0.1, 0.15) is 17.5 Å². The lowest BCUT2D eigenvalue weighted by Gasteiger charge is -2.23. The van der Waals surface area contributed by atoms with Crippen LogP contribution in [0.4, 0.5) is 11.6 Å². The van der Waals surface area contributed by atoms with Crippen molar-refractivity contribution in [3.63, 3.8) is 0 Å². The molecule has 0 aliphatic heterocycles. The van der Waals surface area contributed by atoms with Crippen LogP contribution in [0.1, 0.15) is 19.7 Å². The number of hydrogen-bond acceptors (Lipinski definition) is 5. The Hall–Kier alpha value is -1.36. The molecule has 0 aliphatic rings. The van der Waals surface area contributed by atoms with Crippen LogP contribution in [0.5, 0.6) is 0 Å². The van der Waals surface area contributed by atoms with Crippen LogP contribution >= 0.6 is 0 Å². The molecule has 1 rings (SSSR count). The summed E-state index contributed by atoms with van der Waals surface area (Å²) in [6.07, 6.45) is 0. The molecule has 1 heterocycles. The molecule has 102 valence electrons. The minimum absolute atomic E-state index is 0.825. The van der Waals surface area contributed by atoms with Crippen LogP contribution in [-0.4, -0.2) is 50.2 Å². The van der Waals surface area contributed by atoms with Crippen molar-refractivity contribution in [3.05, 3.63) is 11.9 Å². The van der Waals surface area contributed by atoms with Crippen molar-refractivity contribution >= 4 is 11.6 Å². The summed E-state index contributed by atoms with van der Waals surface area (Å²) in [5.41, 5.74) is 0. The van der Waals surface area contributed by atoms with Gasteiger partial charge in [-0.25, -0.2) is 9.97 Å². The van der Waals surface area contributed by atoms with Gasteiger partial charge in [0.2, 0.25) is 0 Å². The van der Waals surface area contributed by atoms with Gasteiger partial charge in [-0.15, -0.1) is 0 Å². The van der Waals surface area contributed by atoms with Gasteiger partial charge in [-0.05, 0) is 27.8 Å². The van der Waals surface area contributed by atoms with E-state index in [-0.39, 0.29) is 0 Å². The first-order valence-electron chi connectivity index (χ1n) is 6.58. The Balaban J connectivity index is 2.92. The molecule has 5 nitrogen and oxygen atoms in total. The average Bonchev–Trinajstić information content (AvgIpc) is 2.36. The molecule has 18 heavy (non-hydrogen) atoms. The molecule has 0 unspecified atom stereocenters. The molecule has 0 saturated carbocycles. The van der Waals surface area contributed by atoms with Gasteiger partial charge in [0.05, 0.1) is 0 Å². The number of aromatic nitrogens is 2. The van der Waals surface area contributed by atoms with Gasteiger partial charge >= 0.3 is 0 Å². The van der Waals surface area contributed by atoms with Crippen LogP contribution in [0.2, 0.25) is 0 Å². The molecule has 1 aromatic rings. The van der Waals surface area contributed by atoms with Gasteiger partial charge in [-0.2, -0.15) is 0 Å². The quantitative estimate of drug-likeness (QED) is 0.791. The van der Waals surface area contributed by atoms with Gasteiger partial charge in [0.25, 0.3) is 0 Å². The van der Waals surface area contributed by atoms with Crippen LogP contribution in [0.25, 0.3) is 0 Å². The monoisotopic (exact) mass is 251 g/mol. The maximum atomic E-state index is 4.51. The molecule has 0 fully saturated rings. The maximum Gasteiger partial charge on any atom is 0.134 e. The van der Waals surface area contributed by atoms with E-state index in [4.69, 9.17) is 0 Å². The summed E-state index contributed by atoms with van der Waals surface area (Å²) in [6, 6.07) is 2.07. The van der Waals surface area contributed by atoms with Crippen LogP contribution in [0.15, 0.2) is 6.07 Å². The predicted octanol–water partition coefficient (Wildman–Crippen LogP) is 1.29. The number of likely N-dealkylation sites (N-methyl/N-ethyl adjacent to an activating group) is 2. The second-order valence-corrected chi connectivity index (χ2v) is 4.33. The third kappa shape index (κ3) is 3.84. The highest BCUT2D eigenvalue weighted by Crippen LogP contribution is 2.17. The second kappa shape index (κ2) is 7.16. The molecular weight excluding hydrogens is 226 g/mol. The summed E-state index contributed by atoms with van der Waals surface area (Å²) < 4.78 is 0. The number of anilines is 2. The summed E-state index contributed by atoms with van der Waals surface area (Å²) in [5.74, 6) is 2.82. The van der Waals surface area contributed by atoms with Crippen molar-refractivity contribution in [3.8, 4) is 0 Å². The largest absolute Gasteiger partial charge is 0.358 e. The molecule has 0 atom stereocenters. The fourth-order valence-electron chi connectivity index (χ4n) is 1.84. The number of aryl methyl sites for hydroxylation is 1. The number of hydrogen-bond donors (Lipinski definition) is 1. The smallest absolute Gasteiger partial charge is 0.134 e. The summed E-state index contributed by atoms with van der Waals surface area (Å²) in [4.78, 5) is 13.4. The molecule has 0 aliphatic carbocycles. The Morgan fingerprint density at radius 3 is 2.33 bits per heavy atom.